The molecule has 0 aliphatic carbocycles. The minimum Gasteiger partial charge on any atom is -0.363 e. The maximum absolute atomic E-state index is 6.13. The fourth-order valence-electron chi connectivity index (χ4n) is 3.47. The Labute approximate surface area is 163 Å². The van der Waals surface area contributed by atoms with Crippen LogP contribution in [0.15, 0.2) is 51.9 Å². The fraction of sp³-hybridized carbons (Fsp3) is 0.286. The molecule has 0 N–H and O–H groups in total. The molecule has 1 aliphatic rings. The van der Waals surface area contributed by atoms with Crippen LogP contribution in [0, 0.1) is 0 Å². The second-order valence-electron chi connectivity index (χ2n) is 6.86. The number of rotatable bonds is 3. The van der Waals surface area contributed by atoms with Gasteiger partial charge in [0.15, 0.2) is 0 Å². The van der Waals surface area contributed by atoms with E-state index in [1.165, 1.54) is 16.8 Å². The van der Waals surface area contributed by atoms with Crippen molar-refractivity contribution in [1.29, 1.82) is 0 Å². The average molecular weight is 418 g/mol. The maximum Gasteiger partial charge on any atom is 0.0645 e. The first-order chi connectivity index (χ1) is 11.8. The van der Waals surface area contributed by atoms with Crippen molar-refractivity contribution in [3.8, 4) is 0 Å². The van der Waals surface area contributed by atoms with Crippen molar-refractivity contribution >= 4 is 50.7 Å². The Kier molecular flexibility index (Phi) is 5.08. The Hall–Kier alpha value is -1.58. The predicted octanol–water partition coefficient (Wildman–Crippen LogP) is 6.87. The lowest BCUT2D eigenvalue weighted by molar-refractivity contribution is 0.566. The quantitative estimate of drug-likeness (QED) is 0.497. The molecule has 1 aliphatic heterocycles. The van der Waals surface area contributed by atoms with Crippen LogP contribution in [0.2, 0.25) is 5.02 Å². The summed E-state index contributed by atoms with van der Waals surface area (Å²) in [5.74, 6) is 0. The summed E-state index contributed by atoms with van der Waals surface area (Å²) in [7, 11) is 0. The minimum absolute atomic E-state index is 0.0373. The number of hydrogen-bond acceptors (Lipinski definition) is 2. The number of likely N-dealkylation sites (N-methyl/N-ethyl adjacent to an activating group) is 1. The summed E-state index contributed by atoms with van der Waals surface area (Å²) in [5, 5.41) is 0.666. The van der Waals surface area contributed by atoms with Gasteiger partial charge < -0.3 is 4.90 Å². The van der Waals surface area contributed by atoms with Crippen LogP contribution in [0.1, 0.15) is 38.8 Å². The Balaban J connectivity index is 1.95. The Morgan fingerprint density at radius 1 is 1.20 bits per heavy atom. The molecule has 0 fully saturated rings. The molecule has 0 atom stereocenters. The fourth-order valence-corrected chi connectivity index (χ4v) is 3.89. The van der Waals surface area contributed by atoms with Gasteiger partial charge in [0.2, 0.25) is 0 Å². The molecule has 130 valence electrons. The summed E-state index contributed by atoms with van der Waals surface area (Å²) in [6.45, 7) is 9.88. The largest absolute Gasteiger partial charge is 0.363 e. The molecule has 25 heavy (non-hydrogen) atoms. The Morgan fingerprint density at radius 2 is 1.96 bits per heavy atom. The number of halogens is 2. The van der Waals surface area contributed by atoms with Crippen LogP contribution in [0.4, 0.5) is 11.4 Å². The molecule has 0 unspecified atom stereocenters. The molecule has 4 heteroatoms. The average Bonchev–Trinajstić information content (AvgIpc) is 2.56. The lowest BCUT2D eigenvalue weighted by atomic mass is 9.88. The van der Waals surface area contributed by atoms with E-state index in [0.29, 0.717) is 5.02 Å². The molecule has 0 spiro atoms. The van der Waals surface area contributed by atoms with Crippen LogP contribution in [0.25, 0.3) is 5.57 Å². The van der Waals surface area contributed by atoms with E-state index in [1.807, 2.05) is 24.4 Å². The summed E-state index contributed by atoms with van der Waals surface area (Å²) in [5.41, 5.74) is 5.84. The van der Waals surface area contributed by atoms with E-state index in [4.69, 9.17) is 11.6 Å². The number of hydrogen-bond donors (Lipinski definition) is 0. The lowest BCUT2D eigenvalue weighted by Crippen LogP contribution is -2.44. The first-order valence-corrected chi connectivity index (χ1v) is 9.59. The van der Waals surface area contributed by atoms with Gasteiger partial charge in [0.05, 0.1) is 16.2 Å². The van der Waals surface area contributed by atoms with Gasteiger partial charge in [-0.25, -0.2) is 0 Å². The smallest absolute Gasteiger partial charge is 0.0645 e. The second-order valence-corrected chi connectivity index (χ2v) is 8.12. The molecular formula is C21H22BrClN2. The summed E-state index contributed by atoms with van der Waals surface area (Å²) in [6.07, 6.45) is 4.23. The van der Waals surface area contributed by atoms with Gasteiger partial charge in [-0.05, 0) is 85.1 Å². The monoisotopic (exact) mass is 416 g/mol. The number of fused-ring (bicyclic) bond motifs is 1. The molecule has 0 radical (unpaired) electrons. The topological polar surface area (TPSA) is 15.6 Å². The number of anilines is 1. The van der Waals surface area contributed by atoms with E-state index in [0.717, 1.165) is 22.3 Å². The molecule has 0 saturated heterocycles. The zero-order chi connectivity index (χ0) is 18.2. The van der Waals surface area contributed by atoms with Crippen molar-refractivity contribution < 1.29 is 0 Å². The number of benzene rings is 2. The van der Waals surface area contributed by atoms with Crippen LogP contribution < -0.4 is 4.90 Å². The van der Waals surface area contributed by atoms with Gasteiger partial charge in [-0.2, -0.15) is 0 Å². The van der Waals surface area contributed by atoms with E-state index in [1.54, 1.807) is 0 Å². The number of aliphatic imine (C=N–C) groups is 1. The zero-order valence-electron chi connectivity index (χ0n) is 15.0. The minimum atomic E-state index is 0.0373. The molecule has 0 aromatic heterocycles. The lowest BCUT2D eigenvalue weighted by Gasteiger charge is -2.42. The van der Waals surface area contributed by atoms with E-state index in [2.05, 4.69) is 77.8 Å². The maximum atomic E-state index is 6.13. The molecular weight excluding hydrogens is 396 g/mol. The van der Waals surface area contributed by atoms with Crippen molar-refractivity contribution in [2.75, 3.05) is 11.4 Å². The van der Waals surface area contributed by atoms with Crippen LogP contribution in [-0.4, -0.2) is 18.3 Å². The van der Waals surface area contributed by atoms with Gasteiger partial charge in [-0.15, -0.1) is 0 Å². The normalized spacial score (nSPS) is 16.1. The number of nitrogens with zero attached hydrogens (tertiary/aromatic N) is 2. The third-order valence-corrected chi connectivity index (χ3v) is 5.82. The van der Waals surface area contributed by atoms with Gasteiger partial charge in [0, 0.05) is 28.5 Å². The van der Waals surface area contributed by atoms with Gasteiger partial charge >= 0.3 is 0 Å². The van der Waals surface area contributed by atoms with Crippen molar-refractivity contribution in [3.05, 3.63) is 63.1 Å². The van der Waals surface area contributed by atoms with Crippen LogP contribution in [0.5, 0.6) is 0 Å². The van der Waals surface area contributed by atoms with Crippen LogP contribution in [0.3, 0.4) is 0 Å². The molecule has 2 nitrogen and oxygen atoms in total. The van der Waals surface area contributed by atoms with Crippen molar-refractivity contribution in [1.82, 2.24) is 0 Å². The summed E-state index contributed by atoms with van der Waals surface area (Å²) in [4.78, 5) is 6.99. The molecule has 0 bridgehead atoms. The molecule has 0 amide bonds. The first kappa shape index (κ1) is 18.2. The highest BCUT2D eigenvalue weighted by Crippen LogP contribution is 2.39. The van der Waals surface area contributed by atoms with Crippen molar-refractivity contribution in [2.45, 2.75) is 33.2 Å². The Morgan fingerprint density at radius 3 is 2.64 bits per heavy atom. The number of allylic oxidation sites excluding steroid dienone is 1. The van der Waals surface area contributed by atoms with E-state index in [9.17, 15) is 0 Å². The van der Waals surface area contributed by atoms with Crippen LogP contribution >= 0.6 is 27.5 Å². The highest BCUT2D eigenvalue weighted by Gasteiger charge is 2.29. The van der Waals surface area contributed by atoms with Gasteiger partial charge in [-0.3, -0.25) is 4.99 Å². The van der Waals surface area contributed by atoms with Crippen molar-refractivity contribution in [2.24, 2.45) is 4.99 Å². The highest BCUT2D eigenvalue weighted by atomic mass is 79.9. The molecule has 3 rings (SSSR count). The third kappa shape index (κ3) is 3.68. The predicted molar refractivity (Wildman–Crippen MR) is 114 cm³/mol. The van der Waals surface area contributed by atoms with Crippen molar-refractivity contribution in [3.63, 3.8) is 0 Å². The molecule has 2 aromatic carbocycles. The zero-order valence-corrected chi connectivity index (χ0v) is 17.3. The SMILES string of the molecule is CCN1c2ccc(C=Nc3ccc(Br)c(Cl)c3)cc2C(C)=CC1(C)C. The Bertz CT molecular complexity index is 868. The van der Waals surface area contributed by atoms with E-state index >= 15 is 0 Å². The molecule has 2 aromatic rings. The van der Waals surface area contributed by atoms with Gasteiger partial charge in [0.1, 0.15) is 0 Å². The molecule has 0 saturated carbocycles. The summed E-state index contributed by atoms with van der Waals surface area (Å²) < 4.78 is 0.880. The second kappa shape index (κ2) is 6.97. The van der Waals surface area contributed by atoms with Crippen LogP contribution in [-0.2, 0) is 0 Å². The van der Waals surface area contributed by atoms with Gasteiger partial charge in [0.25, 0.3) is 0 Å². The first-order valence-electron chi connectivity index (χ1n) is 8.42. The standard InChI is InChI=1S/C21H22BrClN2/c1-5-25-20-9-6-15(10-17(20)14(2)12-21(25,3)4)13-24-16-7-8-18(22)19(23)11-16/h6-13H,5H2,1-4H3. The summed E-state index contributed by atoms with van der Waals surface area (Å²) >= 11 is 9.53. The van der Waals surface area contributed by atoms with E-state index in [-0.39, 0.29) is 5.54 Å². The molecule has 1 heterocycles. The van der Waals surface area contributed by atoms with E-state index < -0.39 is 0 Å². The highest BCUT2D eigenvalue weighted by molar-refractivity contribution is 9.10. The third-order valence-electron chi connectivity index (χ3n) is 4.58. The summed E-state index contributed by atoms with van der Waals surface area (Å²) in [6, 6.07) is 12.2. The van der Waals surface area contributed by atoms with Gasteiger partial charge in [-0.1, -0.05) is 23.7 Å².